The van der Waals surface area contributed by atoms with Crippen molar-refractivity contribution in [2.45, 2.75) is 0 Å². The Balaban J connectivity index is 2.36. The summed E-state index contributed by atoms with van der Waals surface area (Å²) in [7, 11) is 1.66. The lowest BCUT2D eigenvalue weighted by atomic mass is 10.3. The van der Waals surface area contributed by atoms with Gasteiger partial charge in [0.2, 0.25) is 11.8 Å². The van der Waals surface area contributed by atoms with Gasteiger partial charge >= 0.3 is 0 Å². The van der Waals surface area contributed by atoms with Crippen LogP contribution in [-0.2, 0) is 0 Å². The smallest absolute Gasteiger partial charge is 0.243 e. The van der Waals surface area contributed by atoms with Crippen LogP contribution in [0.4, 0.5) is 10.3 Å². The number of hydrogen-bond donors (Lipinski definition) is 1. The first-order valence-electron chi connectivity index (χ1n) is 4.93. The first-order valence-corrected chi connectivity index (χ1v) is 6.10. The summed E-state index contributed by atoms with van der Waals surface area (Å²) >= 11 is 9.11. The Morgan fingerprint density at radius 1 is 1.44 bits per heavy atom. The summed E-state index contributed by atoms with van der Waals surface area (Å²) in [5.41, 5.74) is 0. The van der Waals surface area contributed by atoms with Gasteiger partial charge in [-0.2, -0.15) is 4.98 Å². The fourth-order valence-corrected chi connectivity index (χ4v) is 1.67. The Morgan fingerprint density at radius 3 is 2.94 bits per heavy atom. The van der Waals surface area contributed by atoms with Crippen LogP contribution in [0.15, 0.2) is 28.9 Å². The van der Waals surface area contributed by atoms with E-state index in [9.17, 15) is 4.39 Å². The quantitative estimate of drug-likeness (QED) is 0.927. The highest BCUT2D eigenvalue weighted by Gasteiger charge is 2.11. The molecular weight excluding hydrogens is 324 g/mol. The molecular formula is C11H8BrClFN3O. The minimum absolute atomic E-state index is 0.0343. The average molecular weight is 333 g/mol. The zero-order chi connectivity index (χ0) is 13.1. The van der Waals surface area contributed by atoms with Gasteiger partial charge in [-0.25, -0.2) is 9.37 Å². The maximum atomic E-state index is 13.5. The molecule has 94 valence electrons. The van der Waals surface area contributed by atoms with Crippen LogP contribution < -0.4 is 10.1 Å². The molecule has 1 aromatic heterocycles. The van der Waals surface area contributed by atoms with E-state index in [0.29, 0.717) is 10.4 Å². The number of nitrogens with zero attached hydrogens (tertiary/aromatic N) is 2. The lowest BCUT2D eigenvalue weighted by molar-refractivity contribution is 0.427. The van der Waals surface area contributed by atoms with E-state index in [1.807, 2.05) is 0 Å². The monoisotopic (exact) mass is 331 g/mol. The van der Waals surface area contributed by atoms with Crippen LogP contribution in [0.25, 0.3) is 0 Å². The third-order valence-corrected chi connectivity index (χ3v) is 2.79. The van der Waals surface area contributed by atoms with Gasteiger partial charge in [-0.05, 0) is 18.2 Å². The normalized spacial score (nSPS) is 10.2. The molecule has 0 saturated carbocycles. The number of anilines is 1. The topological polar surface area (TPSA) is 47.0 Å². The Morgan fingerprint density at radius 2 is 2.22 bits per heavy atom. The summed E-state index contributed by atoms with van der Waals surface area (Å²) in [5, 5.41) is 2.94. The third-order valence-electron chi connectivity index (χ3n) is 2.04. The van der Waals surface area contributed by atoms with Crippen molar-refractivity contribution in [2.24, 2.45) is 0 Å². The number of ether oxygens (including phenoxy) is 1. The average Bonchev–Trinajstić information content (AvgIpc) is 2.36. The fourth-order valence-electron chi connectivity index (χ4n) is 1.20. The molecule has 18 heavy (non-hydrogen) atoms. The molecule has 0 amide bonds. The van der Waals surface area contributed by atoms with E-state index in [-0.39, 0.29) is 16.7 Å². The third kappa shape index (κ3) is 2.88. The molecule has 2 aromatic rings. The van der Waals surface area contributed by atoms with E-state index in [0.717, 1.165) is 0 Å². The maximum Gasteiger partial charge on any atom is 0.243 e. The SMILES string of the molecule is CNc1ncc(Cl)c(Oc2cc(Br)ccc2F)n1. The molecule has 0 saturated heterocycles. The van der Waals surface area contributed by atoms with Gasteiger partial charge in [0.25, 0.3) is 0 Å². The molecule has 0 unspecified atom stereocenters. The summed E-state index contributed by atoms with van der Waals surface area (Å²) in [6, 6.07) is 4.35. The second-order valence-electron chi connectivity index (χ2n) is 3.27. The minimum atomic E-state index is -0.501. The molecule has 0 aliphatic carbocycles. The van der Waals surface area contributed by atoms with Crippen molar-refractivity contribution in [3.8, 4) is 11.6 Å². The highest BCUT2D eigenvalue weighted by molar-refractivity contribution is 9.10. The van der Waals surface area contributed by atoms with Crippen molar-refractivity contribution in [3.05, 3.63) is 39.7 Å². The van der Waals surface area contributed by atoms with Crippen LogP contribution in [0.1, 0.15) is 0 Å². The molecule has 0 fully saturated rings. The van der Waals surface area contributed by atoms with Crippen LogP contribution in [-0.4, -0.2) is 17.0 Å². The molecule has 0 aliphatic rings. The Bertz CT molecular complexity index is 582. The largest absolute Gasteiger partial charge is 0.434 e. The zero-order valence-corrected chi connectivity index (χ0v) is 11.6. The van der Waals surface area contributed by atoms with Gasteiger partial charge in [0, 0.05) is 11.5 Å². The van der Waals surface area contributed by atoms with E-state index in [2.05, 4.69) is 31.2 Å². The van der Waals surface area contributed by atoms with E-state index in [4.69, 9.17) is 16.3 Å². The zero-order valence-electron chi connectivity index (χ0n) is 9.25. The van der Waals surface area contributed by atoms with Gasteiger partial charge in [-0.3, -0.25) is 0 Å². The van der Waals surface area contributed by atoms with Crippen molar-refractivity contribution < 1.29 is 9.13 Å². The summed E-state index contributed by atoms with van der Waals surface area (Å²) in [5.74, 6) is -0.0382. The van der Waals surface area contributed by atoms with Crippen molar-refractivity contribution >= 4 is 33.5 Å². The number of aromatic nitrogens is 2. The summed E-state index contributed by atoms with van der Waals surface area (Å²) in [6.07, 6.45) is 1.38. The van der Waals surface area contributed by atoms with E-state index in [1.165, 1.54) is 18.3 Å². The van der Waals surface area contributed by atoms with Crippen molar-refractivity contribution in [3.63, 3.8) is 0 Å². The standard InChI is InChI=1S/C11H8BrClFN3O/c1-15-11-16-5-7(13)10(17-11)18-9-4-6(12)2-3-8(9)14/h2-5H,1H3,(H,15,16,17). The molecule has 0 radical (unpaired) electrons. The second kappa shape index (κ2) is 5.49. The lowest BCUT2D eigenvalue weighted by Gasteiger charge is -2.08. The Hall–Kier alpha value is -1.40. The number of rotatable bonds is 3. The van der Waals surface area contributed by atoms with Gasteiger partial charge < -0.3 is 10.1 Å². The highest BCUT2D eigenvalue weighted by atomic mass is 79.9. The minimum Gasteiger partial charge on any atom is -0.434 e. The molecule has 1 heterocycles. The predicted octanol–water partition coefficient (Wildman–Crippen LogP) is 3.87. The molecule has 0 spiro atoms. The lowest BCUT2D eigenvalue weighted by Crippen LogP contribution is -1.99. The molecule has 7 heteroatoms. The van der Waals surface area contributed by atoms with E-state index < -0.39 is 5.82 Å². The van der Waals surface area contributed by atoms with Crippen LogP contribution in [0.5, 0.6) is 11.6 Å². The van der Waals surface area contributed by atoms with Gasteiger partial charge in [-0.1, -0.05) is 27.5 Å². The number of nitrogens with one attached hydrogen (secondary N) is 1. The van der Waals surface area contributed by atoms with Crippen LogP contribution in [0.2, 0.25) is 5.02 Å². The van der Waals surface area contributed by atoms with Gasteiger partial charge in [0.15, 0.2) is 11.6 Å². The van der Waals surface area contributed by atoms with Gasteiger partial charge in [0.1, 0.15) is 5.02 Å². The molecule has 2 rings (SSSR count). The molecule has 4 nitrogen and oxygen atoms in total. The van der Waals surface area contributed by atoms with Crippen LogP contribution in [0, 0.1) is 5.82 Å². The number of hydrogen-bond acceptors (Lipinski definition) is 4. The molecule has 1 N–H and O–H groups in total. The highest BCUT2D eigenvalue weighted by Crippen LogP contribution is 2.30. The van der Waals surface area contributed by atoms with Crippen molar-refractivity contribution in [2.75, 3.05) is 12.4 Å². The Kier molecular flexibility index (Phi) is 3.98. The first kappa shape index (κ1) is 13.0. The van der Waals surface area contributed by atoms with Crippen molar-refractivity contribution in [1.29, 1.82) is 0 Å². The number of halogens is 3. The molecule has 1 aromatic carbocycles. The number of benzene rings is 1. The second-order valence-corrected chi connectivity index (χ2v) is 4.60. The summed E-state index contributed by atoms with van der Waals surface area (Å²) in [6.45, 7) is 0. The van der Waals surface area contributed by atoms with Crippen LogP contribution >= 0.6 is 27.5 Å². The molecule has 0 bridgehead atoms. The fraction of sp³-hybridized carbons (Fsp3) is 0.0909. The molecule has 0 aliphatic heterocycles. The summed E-state index contributed by atoms with van der Waals surface area (Å²) < 4.78 is 19.5. The first-order chi connectivity index (χ1) is 8.60. The van der Waals surface area contributed by atoms with Gasteiger partial charge in [0.05, 0.1) is 6.20 Å². The maximum absolute atomic E-state index is 13.5. The molecule has 0 atom stereocenters. The van der Waals surface area contributed by atoms with E-state index in [1.54, 1.807) is 13.1 Å². The van der Waals surface area contributed by atoms with Gasteiger partial charge in [-0.15, -0.1) is 0 Å². The predicted molar refractivity (Wildman–Crippen MR) is 70.8 cm³/mol. The van der Waals surface area contributed by atoms with E-state index >= 15 is 0 Å². The summed E-state index contributed by atoms with van der Waals surface area (Å²) in [4.78, 5) is 7.90. The van der Waals surface area contributed by atoms with Crippen molar-refractivity contribution in [1.82, 2.24) is 9.97 Å². The Labute approximate surface area is 116 Å². The van der Waals surface area contributed by atoms with Crippen LogP contribution in [0.3, 0.4) is 0 Å².